The fourth-order valence-electron chi connectivity index (χ4n) is 2.58. The predicted molar refractivity (Wildman–Crippen MR) is 79.9 cm³/mol. The van der Waals surface area contributed by atoms with Gasteiger partial charge in [-0.05, 0) is 5.56 Å². The standard InChI is InChI=1S/C16H20N4/c1-11(2)16-18-14-10-20(9-13(14)15(17)19-16)8-12-6-4-3-5-7-12/h3-7,11H,8-10H2,1-2H3,(H2,17,18,19). The molecular weight excluding hydrogens is 248 g/mol. The van der Waals surface area contributed by atoms with Gasteiger partial charge in [0.05, 0.1) is 5.69 Å². The summed E-state index contributed by atoms with van der Waals surface area (Å²) < 4.78 is 0. The summed E-state index contributed by atoms with van der Waals surface area (Å²) in [4.78, 5) is 11.5. The molecule has 0 saturated heterocycles. The molecule has 1 aromatic carbocycles. The van der Waals surface area contributed by atoms with Crippen LogP contribution < -0.4 is 5.73 Å². The quantitative estimate of drug-likeness (QED) is 0.930. The Morgan fingerprint density at radius 1 is 1.15 bits per heavy atom. The molecule has 0 fully saturated rings. The maximum Gasteiger partial charge on any atom is 0.133 e. The number of hydrogen-bond acceptors (Lipinski definition) is 4. The number of nitrogens with zero attached hydrogens (tertiary/aromatic N) is 3. The molecule has 0 radical (unpaired) electrons. The van der Waals surface area contributed by atoms with E-state index in [0.717, 1.165) is 36.7 Å². The Morgan fingerprint density at radius 3 is 2.60 bits per heavy atom. The van der Waals surface area contributed by atoms with E-state index < -0.39 is 0 Å². The summed E-state index contributed by atoms with van der Waals surface area (Å²) in [6, 6.07) is 10.5. The van der Waals surface area contributed by atoms with E-state index >= 15 is 0 Å². The third kappa shape index (κ3) is 2.51. The number of aromatic nitrogens is 2. The highest BCUT2D eigenvalue weighted by molar-refractivity contribution is 5.44. The average molecular weight is 268 g/mol. The monoisotopic (exact) mass is 268 g/mol. The van der Waals surface area contributed by atoms with Gasteiger partial charge in [-0.3, -0.25) is 4.90 Å². The van der Waals surface area contributed by atoms with Crippen molar-refractivity contribution in [1.29, 1.82) is 0 Å². The van der Waals surface area contributed by atoms with Crippen LogP contribution in [0.4, 0.5) is 5.82 Å². The van der Waals surface area contributed by atoms with E-state index in [1.165, 1.54) is 5.56 Å². The summed E-state index contributed by atoms with van der Waals surface area (Å²) in [6.45, 7) is 6.81. The minimum absolute atomic E-state index is 0.311. The van der Waals surface area contributed by atoms with Crippen molar-refractivity contribution in [3.8, 4) is 0 Å². The second-order valence-electron chi connectivity index (χ2n) is 5.68. The molecule has 4 heteroatoms. The van der Waals surface area contributed by atoms with Crippen molar-refractivity contribution in [2.24, 2.45) is 0 Å². The molecular formula is C16H20N4. The van der Waals surface area contributed by atoms with Gasteiger partial charge in [0.2, 0.25) is 0 Å². The Hall–Kier alpha value is -1.94. The van der Waals surface area contributed by atoms with Crippen molar-refractivity contribution < 1.29 is 0 Å². The molecule has 0 atom stereocenters. The summed E-state index contributed by atoms with van der Waals surface area (Å²) in [7, 11) is 0. The Labute approximate surface area is 119 Å². The molecule has 4 nitrogen and oxygen atoms in total. The first-order valence-corrected chi connectivity index (χ1v) is 7.05. The van der Waals surface area contributed by atoms with E-state index in [4.69, 9.17) is 5.73 Å². The van der Waals surface area contributed by atoms with Crippen LogP contribution in [0.25, 0.3) is 0 Å². The first-order valence-electron chi connectivity index (χ1n) is 7.05. The fourth-order valence-corrected chi connectivity index (χ4v) is 2.58. The molecule has 2 heterocycles. The first-order chi connectivity index (χ1) is 9.63. The SMILES string of the molecule is CC(C)c1nc(N)c2c(n1)CN(Cc1ccccc1)C2. The largest absolute Gasteiger partial charge is 0.383 e. The zero-order valence-electron chi connectivity index (χ0n) is 12.0. The fraction of sp³-hybridized carbons (Fsp3) is 0.375. The Morgan fingerprint density at radius 2 is 1.90 bits per heavy atom. The Kier molecular flexibility index (Phi) is 3.40. The van der Waals surface area contributed by atoms with Crippen molar-refractivity contribution in [2.75, 3.05) is 5.73 Å². The van der Waals surface area contributed by atoms with Crippen LogP contribution in [0.1, 0.15) is 42.4 Å². The van der Waals surface area contributed by atoms with Crippen LogP contribution in [-0.4, -0.2) is 14.9 Å². The van der Waals surface area contributed by atoms with E-state index in [9.17, 15) is 0 Å². The highest BCUT2D eigenvalue weighted by atomic mass is 15.2. The molecule has 0 amide bonds. The lowest BCUT2D eigenvalue weighted by Crippen LogP contribution is -2.15. The van der Waals surface area contributed by atoms with Gasteiger partial charge in [-0.1, -0.05) is 44.2 Å². The number of benzene rings is 1. The number of nitrogen functional groups attached to an aromatic ring is 1. The highest BCUT2D eigenvalue weighted by Crippen LogP contribution is 2.27. The van der Waals surface area contributed by atoms with Gasteiger partial charge in [0.15, 0.2) is 0 Å². The van der Waals surface area contributed by atoms with Crippen LogP contribution in [0.2, 0.25) is 0 Å². The molecule has 0 bridgehead atoms. The van der Waals surface area contributed by atoms with Gasteiger partial charge in [-0.2, -0.15) is 0 Å². The molecule has 1 aliphatic rings. The van der Waals surface area contributed by atoms with Crippen LogP contribution in [0, 0.1) is 0 Å². The van der Waals surface area contributed by atoms with Crippen LogP contribution in [0.3, 0.4) is 0 Å². The molecule has 2 aromatic rings. The summed E-state index contributed by atoms with van der Waals surface area (Å²) in [6.07, 6.45) is 0. The van der Waals surface area contributed by atoms with E-state index in [1.807, 2.05) is 6.07 Å². The van der Waals surface area contributed by atoms with E-state index in [0.29, 0.717) is 11.7 Å². The summed E-state index contributed by atoms with van der Waals surface area (Å²) in [5.74, 6) is 1.81. The molecule has 3 rings (SSSR count). The minimum Gasteiger partial charge on any atom is -0.383 e. The molecule has 1 aliphatic heterocycles. The molecule has 2 N–H and O–H groups in total. The second-order valence-corrected chi connectivity index (χ2v) is 5.68. The van der Waals surface area contributed by atoms with Crippen molar-refractivity contribution in [1.82, 2.24) is 14.9 Å². The van der Waals surface area contributed by atoms with Crippen molar-refractivity contribution >= 4 is 5.82 Å². The second kappa shape index (κ2) is 5.21. The van der Waals surface area contributed by atoms with Crippen LogP contribution in [-0.2, 0) is 19.6 Å². The number of hydrogen-bond donors (Lipinski definition) is 1. The number of anilines is 1. The Bertz CT molecular complexity index is 607. The minimum atomic E-state index is 0.311. The van der Waals surface area contributed by atoms with Crippen molar-refractivity contribution in [3.63, 3.8) is 0 Å². The zero-order chi connectivity index (χ0) is 14.1. The predicted octanol–water partition coefficient (Wildman–Crippen LogP) is 2.70. The smallest absolute Gasteiger partial charge is 0.133 e. The first kappa shape index (κ1) is 13.1. The summed E-state index contributed by atoms with van der Waals surface area (Å²) in [5, 5.41) is 0. The lowest BCUT2D eigenvalue weighted by molar-refractivity contribution is 0.274. The summed E-state index contributed by atoms with van der Waals surface area (Å²) >= 11 is 0. The van der Waals surface area contributed by atoms with Gasteiger partial charge in [-0.15, -0.1) is 0 Å². The average Bonchev–Trinajstić information content (AvgIpc) is 2.83. The maximum atomic E-state index is 6.09. The lowest BCUT2D eigenvalue weighted by Gasteiger charge is -2.14. The molecule has 0 unspecified atom stereocenters. The van der Waals surface area contributed by atoms with Gasteiger partial charge < -0.3 is 5.73 Å². The molecule has 104 valence electrons. The van der Waals surface area contributed by atoms with Crippen LogP contribution >= 0.6 is 0 Å². The van der Waals surface area contributed by atoms with E-state index in [1.54, 1.807) is 0 Å². The lowest BCUT2D eigenvalue weighted by atomic mass is 10.2. The topological polar surface area (TPSA) is 55.0 Å². The van der Waals surface area contributed by atoms with E-state index in [2.05, 4.69) is 53.0 Å². The van der Waals surface area contributed by atoms with Gasteiger partial charge >= 0.3 is 0 Å². The number of rotatable bonds is 3. The van der Waals surface area contributed by atoms with Gasteiger partial charge in [0.25, 0.3) is 0 Å². The molecule has 1 aromatic heterocycles. The van der Waals surface area contributed by atoms with Gasteiger partial charge in [0, 0.05) is 31.1 Å². The van der Waals surface area contributed by atoms with E-state index in [-0.39, 0.29) is 0 Å². The molecule has 0 spiro atoms. The Balaban J connectivity index is 1.80. The normalized spacial score (nSPS) is 14.8. The summed E-state index contributed by atoms with van der Waals surface area (Å²) in [5.41, 5.74) is 9.60. The third-order valence-electron chi connectivity index (χ3n) is 3.66. The number of nitrogens with two attached hydrogens (primary N) is 1. The van der Waals surface area contributed by atoms with Crippen LogP contribution in [0.5, 0.6) is 0 Å². The molecule has 0 aliphatic carbocycles. The van der Waals surface area contributed by atoms with Crippen molar-refractivity contribution in [3.05, 3.63) is 53.0 Å². The molecule has 20 heavy (non-hydrogen) atoms. The zero-order valence-corrected chi connectivity index (χ0v) is 12.0. The number of fused-ring (bicyclic) bond motifs is 1. The molecule has 0 saturated carbocycles. The maximum absolute atomic E-state index is 6.09. The van der Waals surface area contributed by atoms with Crippen molar-refractivity contribution in [2.45, 2.75) is 39.4 Å². The highest BCUT2D eigenvalue weighted by Gasteiger charge is 2.24. The van der Waals surface area contributed by atoms with Crippen LogP contribution in [0.15, 0.2) is 30.3 Å². The third-order valence-corrected chi connectivity index (χ3v) is 3.66. The van der Waals surface area contributed by atoms with Gasteiger partial charge in [0.1, 0.15) is 11.6 Å². The van der Waals surface area contributed by atoms with Gasteiger partial charge in [-0.25, -0.2) is 9.97 Å².